The average Bonchev–Trinajstić information content (AvgIpc) is 3.49. The summed E-state index contributed by atoms with van der Waals surface area (Å²) in [5.74, 6) is -4.80. The molecule has 16 heteroatoms. The summed E-state index contributed by atoms with van der Waals surface area (Å²) in [7, 11) is 0. The Labute approximate surface area is 217 Å². The molecule has 212 valence electrons. The van der Waals surface area contributed by atoms with E-state index in [1.165, 1.54) is 4.88 Å². The van der Waals surface area contributed by atoms with Crippen LogP contribution in [0.2, 0.25) is 0 Å². The molecule has 4 rings (SSSR count). The maximum atomic E-state index is 10.6. The van der Waals surface area contributed by atoms with Crippen LogP contribution in [-0.2, 0) is 20.9 Å². The quantitative estimate of drug-likeness (QED) is 0.435. The third kappa shape index (κ3) is 10.1. The van der Waals surface area contributed by atoms with E-state index in [0.29, 0.717) is 6.10 Å². The van der Waals surface area contributed by atoms with Crippen LogP contribution >= 0.6 is 11.3 Å². The Bertz CT molecular complexity index is 986. The lowest BCUT2D eigenvalue weighted by Gasteiger charge is -2.43. The first kappa shape index (κ1) is 31.2. The van der Waals surface area contributed by atoms with Gasteiger partial charge in [0.05, 0.1) is 6.10 Å². The van der Waals surface area contributed by atoms with Crippen LogP contribution < -0.4 is 5.32 Å². The zero-order chi connectivity index (χ0) is 28.4. The average molecular weight is 573 g/mol. The van der Waals surface area contributed by atoms with E-state index in [1.54, 1.807) is 12.4 Å². The molecule has 0 amide bonds. The maximum Gasteiger partial charge on any atom is 0.490 e. The van der Waals surface area contributed by atoms with Crippen molar-refractivity contribution in [1.29, 1.82) is 0 Å². The zero-order valence-corrected chi connectivity index (χ0v) is 20.7. The van der Waals surface area contributed by atoms with Gasteiger partial charge in [-0.05, 0) is 36.8 Å². The number of halogens is 6. The molecule has 2 fully saturated rings. The number of ether oxygens (including phenoxy) is 1. The molecule has 2 aliphatic rings. The van der Waals surface area contributed by atoms with Crippen LogP contribution in [-0.4, -0.2) is 81.7 Å². The van der Waals surface area contributed by atoms with Crippen LogP contribution in [0.3, 0.4) is 0 Å². The molecular weight excluding hydrogens is 546 g/mol. The number of carboxylic acid groups (broad SMARTS) is 2. The number of likely N-dealkylation sites (tertiary alicyclic amines) is 1. The Morgan fingerprint density at radius 2 is 1.71 bits per heavy atom. The number of aromatic nitrogens is 2. The number of nitrogens with one attached hydrogen (secondary N) is 1. The molecule has 38 heavy (non-hydrogen) atoms. The van der Waals surface area contributed by atoms with Gasteiger partial charge >= 0.3 is 24.3 Å². The highest BCUT2D eigenvalue weighted by atomic mass is 32.1. The fraction of sp³-hybridized carbons (Fsp3) is 0.545. The number of rotatable bonds is 6. The van der Waals surface area contributed by atoms with Crippen molar-refractivity contribution < 1.29 is 50.9 Å². The largest absolute Gasteiger partial charge is 0.490 e. The van der Waals surface area contributed by atoms with Crippen LogP contribution in [0.4, 0.5) is 32.3 Å². The van der Waals surface area contributed by atoms with Crippen molar-refractivity contribution in [1.82, 2.24) is 14.9 Å². The van der Waals surface area contributed by atoms with E-state index >= 15 is 0 Å². The van der Waals surface area contributed by atoms with Crippen molar-refractivity contribution in [3.05, 3.63) is 40.8 Å². The normalized spacial score (nSPS) is 21.3. The van der Waals surface area contributed by atoms with Gasteiger partial charge in [-0.25, -0.2) is 19.6 Å². The first-order valence-electron chi connectivity index (χ1n) is 11.2. The number of anilines is 1. The van der Waals surface area contributed by atoms with Gasteiger partial charge in [0.2, 0.25) is 5.95 Å². The third-order valence-corrected chi connectivity index (χ3v) is 6.63. The van der Waals surface area contributed by atoms with E-state index in [0.717, 1.165) is 58.0 Å². The lowest BCUT2D eigenvalue weighted by Crippen LogP contribution is -2.49. The SMILES string of the molecule is O=C(O)C(F)(F)F.O=C(O)C(F)(F)F.c1cnc(NCC[C@@]23CCO[C@@H]2CCN(Cc2cccs2)C3)nc1. The number of piperidine rings is 1. The highest BCUT2D eigenvalue weighted by Gasteiger charge is 2.47. The van der Waals surface area contributed by atoms with Crippen molar-refractivity contribution >= 4 is 29.2 Å². The Morgan fingerprint density at radius 1 is 1.11 bits per heavy atom. The molecule has 4 heterocycles. The number of nitrogens with zero attached hydrogens (tertiary/aromatic N) is 3. The second kappa shape index (κ2) is 13.7. The Balaban J connectivity index is 0.000000301. The fourth-order valence-corrected chi connectivity index (χ4v) is 4.82. The molecular formula is C22H26F6N4O5S. The molecule has 2 atom stereocenters. The molecule has 0 radical (unpaired) electrons. The summed E-state index contributed by atoms with van der Waals surface area (Å²) in [4.78, 5) is 30.3. The summed E-state index contributed by atoms with van der Waals surface area (Å²) in [5.41, 5.74) is 0.275. The first-order chi connectivity index (χ1) is 17.7. The van der Waals surface area contributed by atoms with Crippen molar-refractivity contribution in [3.63, 3.8) is 0 Å². The van der Waals surface area contributed by atoms with Gasteiger partial charge in [-0.15, -0.1) is 11.3 Å². The van der Waals surface area contributed by atoms with Gasteiger partial charge in [0.25, 0.3) is 0 Å². The van der Waals surface area contributed by atoms with Gasteiger partial charge in [-0.1, -0.05) is 6.07 Å². The number of carboxylic acids is 2. The number of thiophene rings is 1. The highest BCUT2D eigenvalue weighted by molar-refractivity contribution is 7.09. The molecule has 9 nitrogen and oxygen atoms in total. The molecule has 0 saturated carbocycles. The van der Waals surface area contributed by atoms with E-state index in [2.05, 4.69) is 37.7 Å². The molecule has 2 saturated heterocycles. The first-order valence-corrected chi connectivity index (χ1v) is 12.1. The van der Waals surface area contributed by atoms with Crippen LogP contribution in [0.5, 0.6) is 0 Å². The standard InChI is InChI=1S/C18H24N4OS.2C2HF3O2/c1-3-15(24-12-1)13-22-10-4-16-18(14-22,6-11-23-16)5-9-21-17-19-7-2-8-20-17;2*3-2(4,5)1(6)7/h1-3,7-8,12,16H,4-6,9-11,13-14H2,(H,19,20,21);2*(H,6,7)/t16-,18+;;/m1../s1. The number of fused-ring (bicyclic) bond motifs is 1. The Kier molecular flexibility index (Phi) is 11.3. The van der Waals surface area contributed by atoms with E-state index in [-0.39, 0.29) is 5.41 Å². The summed E-state index contributed by atoms with van der Waals surface area (Å²) in [6.07, 6.45) is -2.78. The van der Waals surface area contributed by atoms with Crippen LogP contribution in [0, 0.1) is 5.41 Å². The summed E-state index contributed by atoms with van der Waals surface area (Å²) < 4.78 is 69.5. The molecule has 0 unspecified atom stereocenters. The summed E-state index contributed by atoms with van der Waals surface area (Å²) in [6.45, 7) is 5.14. The minimum absolute atomic E-state index is 0.275. The van der Waals surface area contributed by atoms with Crippen molar-refractivity contribution in [2.45, 2.75) is 44.3 Å². The monoisotopic (exact) mass is 572 g/mol. The fourth-order valence-electron chi connectivity index (χ4n) is 4.07. The molecule has 0 aliphatic carbocycles. The lowest BCUT2D eigenvalue weighted by molar-refractivity contribution is -0.193. The third-order valence-electron chi connectivity index (χ3n) is 5.76. The molecule has 3 N–H and O–H groups in total. The van der Waals surface area contributed by atoms with Gasteiger partial charge in [0.15, 0.2) is 0 Å². The Morgan fingerprint density at radius 3 is 2.24 bits per heavy atom. The number of alkyl halides is 6. The van der Waals surface area contributed by atoms with Gasteiger partial charge in [0.1, 0.15) is 0 Å². The number of aliphatic carboxylic acids is 2. The zero-order valence-electron chi connectivity index (χ0n) is 19.8. The van der Waals surface area contributed by atoms with Crippen LogP contribution in [0.25, 0.3) is 0 Å². The Hall–Kier alpha value is -2.98. The molecule has 0 spiro atoms. The summed E-state index contributed by atoms with van der Waals surface area (Å²) in [5, 5.41) is 19.8. The van der Waals surface area contributed by atoms with Gasteiger partial charge in [-0.2, -0.15) is 26.3 Å². The van der Waals surface area contributed by atoms with Crippen LogP contribution in [0.15, 0.2) is 36.0 Å². The van der Waals surface area contributed by atoms with Gasteiger partial charge in [0, 0.05) is 55.5 Å². The van der Waals surface area contributed by atoms with Gasteiger partial charge < -0.3 is 20.3 Å². The molecule has 2 aromatic heterocycles. The molecule has 2 aliphatic heterocycles. The van der Waals surface area contributed by atoms with E-state index in [9.17, 15) is 26.3 Å². The predicted molar refractivity (Wildman–Crippen MR) is 124 cm³/mol. The number of hydrogen-bond donors (Lipinski definition) is 3. The number of hydrogen-bond acceptors (Lipinski definition) is 8. The number of carbonyl (C=O) groups is 2. The van der Waals surface area contributed by atoms with Gasteiger partial charge in [-0.3, -0.25) is 4.90 Å². The minimum Gasteiger partial charge on any atom is -0.475 e. The molecule has 2 aromatic rings. The smallest absolute Gasteiger partial charge is 0.475 e. The second-order valence-corrected chi connectivity index (χ2v) is 9.44. The summed E-state index contributed by atoms with van der Waals surface area (Å²) in [6, 6.07) is 6.22. The predicted octanol–water partition coefficient (Wildman–Crippen LogP) is 4.29. The van der Waals surface area contributed by atoms with Crippen molar-refractivity contribution in [2.75, 3.05) is 31.6 Å². The second-order valence-electron chi connectivity index (χ2n) is 8.41. The molecule has 0 aromatic carbocycles. The van der Waals surface area contributed by atoms with E-state index in [4.69, 9.17) is 24.5 Å². The lowest BCUT2D eigenvalue weighted by atomic mass is 9.74. The molecule has 0 bridgehead atoms. The maximum absolute atomic E-state index is 10.6. The van der Waals surface area contributed by atoms with E-state index < -0.39 is 24.3 Å². The van der Waals surface area contributed by atoms with Crippen molar-refractivity contribution in [3.8, 4) is 0 Å². The minimum atomic E-state index is -5.08. The highest BCUT2D eigenvalue weighted by Crippen LogP contribution is 2.43. The van der Waals surface area contributed by atoms with Crippen molar-refractivity contribution in [2.24, 2.45) is 5.41 Å². The topological polar surface area (TPSA) is 125 Å². The summed E-state index contributed by atoms with van der Waals surface area (Å²) >= 11 is 1.85. The van der Waals surface area contributed by atoms with Crippen LogP contribution in [0.1, 0.15) is 24.1 Å². The van der Waals surface area contributed by atoms with E-state index in [1.807, 2.05) is 17.4 Å².